The zero-order chi connectivity index (χ0) is 17.8. The lowest BCUT2D eigenvalue weighted by Gasteiger charge is -2.21. The fourth-order valence-electron chi connectivity index (χ4n) is 3.09. The van der Waals surface area contributed by atoms with Crippen LogP contribution in [0.25, 0.3) is 0 Å². The van der Waals surface area contributed by atoms with Gasteiger partial charge in [0.15, 0.2) is 0 Å². The number of carbonyl (C=O) groups excluding carboxylic acids is 1. The van der Waals surface area contributed by atoms with E-state index in [1.165, 1.54) is 4.68 Å². The second kappa shape index (κ2) is 7.60. The fraction of sp³-hybridized carbons (Fsp3) is 0.529. The third-order valence-electron chi connectivity index (χ3n) is 4.40. The number of nitrogens with zero attached hydrogens (tertiary/aromatic N) is 4. The molecule has 2 aromatic heterocycles. The number of pyridine rings is 1. The normalized spacial score (nSPS) is 17.4. The molecule has 1 aliphatic heterocycles. The summed E-state index contributed by atoms with van der Waals surface area (Å²) in [7, 11) is 0. The number of nitrogens with one attached hydrogen (secondary N) is 2. The quantitative estimate of drug-likeness (QED) is 0.839. The van der Waals surface area contributed by atoms with Crippen LogP contribution < -0.4 is 16.3 Å². The first-order valence-corrected chi connectivity index (χ1v) is 8.69. The molecule has 2 N–H and O–H groups in total. The van der Waals surface area contributed by atoms with Crippen LogP contribution in [0.3, 0.4) is 0 Å². The summed E-state index contributed by atoms with van der Waals surface area (Å²) in [6.07, 6.45) is 3.75. The van der Waals surface area contributed by atoms with Crippen LogP contribution >= 0.6 is 0 Å². The first kappa shape index (κ1) is 17.3. The minimum Gasteiger partial charge on any atom is -0.316 e. The Morgan fingerprint density at radius 3 is 2.92 bits per heavy atom. The van der Waals surface area contributed by atoms with Gasteiger partial charge in [0.05, 0.1) is 0 Å². The molecule has 3 heterocycles. The highest BCUT2D eigenvalue weighted by Gasteiger charge is 2.24. The van der Waals surface area contributed by atoms with Crippen LogP contribution in [-0.4, -0.2) is 38.3 Å². The molecule has 0 bridgehead atoms. The highest BCUT2D eigenvalue weighted by Crippen LogP contribution is 2.20. The van der Waals surface area contributed by atoms with Crippen LogP contribution in [0.5, 0.6) is 0 Å². The van der Waals surface area contributed by atoms with Crippen molar-refractivity contribution in [1.29, 1.82) is 0 Å². The Morgan fingerprint density at radius 1 is 1.44 bits per heavy atom. The minimum absolute atomic E-state index is 0.117. The average molecular weight is 344 g/mol. The van der Waals surface area contributed by atoms with E-state index in [2.05, 4.69) is 20.7 Å². The van der Waals surface area contributed by atoms with Gasteiger partial charge < -0.3 is 10.6 Å². The minimum atomic E-state index is -0.312. The van der Waals surface area contributed by atoms with E-state index < -0.39 is 0 Å². The number of hydrogen-bond acceptors (Lipinski definition) is 5. The number of rotatable bonds is 5. The summed E-state index contributed by atoms with van der Waals surface area (Å²) in [6.45, 7) is 6.09. The third-order valence-corrected chi connectivity index (χ3v) is 4.40. The van der Waals surface area contributed by atoms with Crippen molar-refractivity contribution in [2.75, 3.05) is 18.4 Å². The molecule has 8 heteroatoms. The Bertz CT molecular complexity index is 786. The van der Waals surface area contributed by atoms with Crippen molar-refractivity contribution in [3.8, 4) is 0 Å². The molecule has 1 aliphatic rings. The summed E-state index contributed by atoms with van der Waals surface area (Å²) in [5.41, 5.74) is 0.775. The van der Waals surface area contributed by atoms with Gasteiger partial charge in [-0.05, 0) is 44.9 Å². The molecule has 0 aromatic carbocycles. The SMILES string of the molecule is CCn1c(C2CCCNC2)nn(CC(=O)Nc2ccc(C)cn2)c1=O. The van der Waals surface area contributed by atoms with Gasteiger partial charge in [-0.3, -0.25) is 9.36 Å². The number of anilines is 1. The van der Waals surface area contributed by atoms with Crippen molar-refractivity contribution < 1.29 is 4.79 Å². The van der Waals surface area contributed by atoms with Gasteiger partial charge in [-0.25, -0.2) is 14.5 Å². The number of aromatic nitrogens is 4. The Labute approximate surface area is 146 Å². The lowest BCUT2D eigenvalue weighted by Crippen LogP contribution is -2.32. The van der Waals surface area contributed by atoms with Crippen LogP contribution in [0.15, 0.2) is 23.1 Å². The zero-order valence-corrected chi connectivity index (χ0v) is 14.7. The standard InChI is InChI=1S/C17H24N6O2/c1-3-22-16(13-5-4-8-18-10-13)21-23(17(22)25)11-15(24)20-14-7-6-12(2)9-19-14/h6-7,9,13,18H,3-5,8,10-11H2,1-2H3,(H,19,20,24). The van der Waals surface area contributed by atoms with E-state index in [0.29, 0.717) is 12.4 Å². The van der Waals surface area contributed by atoms with Crippen molar-refractivity contribution in [3.05, 3.63) is 40.2 Å². The Morgan fingerprint density at radius 2 is 2.28 bits per heavy atom. The van der Waals surface area contributed by atoms with Crippen LogP contribution in [0, 0.1) is 6.92 Å². The predicted molar refractivity (Wildman–Crippen MR) is 94.6 cm³/mol. The van der Waals surface area contributed by atoms with E-state index in [0.717, 1.165) is 37.3 Å². The Balaban J connectivity index is 1.75. The number of hydrogen-bond donors (Lipinski definition) is 2. The molecular formula is C17H24N6O2. The zero-order valence-electron chi connectivity index (χ0n) is 14.7. The molecule has 1 atom stereocenters. The van der Waals surface area contributed by atoms with E-state index in [1.54, 1.807) is 16.8 Å². The summed E-state index contributed by atoms with van der Waals surface area (Å²) >= 11 is 0. The molecule has 1 unspecified atom stereocenters. The molecule has 3 rings (SSSR count). The van der Waals surface area contributed by atoms with Crippen LogP contribution in [0.4, 0.5) is 5.82 Å². The van der Waals surface area contributed by atoms with Crippen LogP contribution in [0.2, 0.25) is 0 Å². The molecule has 25 heavy (non-hydrogen) atoms. The van der Waals surface area contributed by atoms with E-state index >= 15 is 0 Å². The first-order chi connectivity index (χ1) is 12.1. The van der Waals surface area contributed by atoms with E-state index in [-0.39, 0.29) is 24.1 Å². The summed E-state index contributed by atoms with van der Waals surface area (Å²) in [6, 6.07) is 3.61. The molecule has 1 amide bonds. The summed E-state index contributed by atoms with van der Waals surface area (Å²) < 4.78 is 2.91. The summed E-state index contributed by atoms with van der Waals surface area (Å²) in [4.78, 5) is 28.9. The third kappa shape index (κ3) is 3.96. The molecule has 0 saturated carbocycles. The predicted octanol–water partition coefficient (Wildman–Crippen LogP) is 0.874. The van der Waals surface area contributed by atoms with Gasteiger partial charge in [-0.2, -0.15) is 5.10 Å². The molecule has 2 aromatic rings. The molecule has 0 aliphatic carbocycles. The van der Waals surface area contributed by atoms with E-state index in [1.807, 2.05) is 19.9 Å². The second-order valence-electron chi connectivity index (χ2n) is 6.35. The average Bonchev–Trinajstić information content (AvgIpc) is 2.93. The van der Waals surface area contributed by atoms with Gasteiger partial charge >= 0.3 is 5.69 Å². The molecule has 1 saturated heterocycles. The van der Waals surface area contributed by atoms with Crippen molar-refractivity contribution in [3.63, 3.8) is 0 Å². The number of piperidine rings is 1. The van der Waals surface area contributed by atoms with E-state index in [4.69, 9.17) is 0 Å². The topological polar surface area (TPSA) is 93.8 Å². The van der Waals surface area contributed by atoms with Crippen LogP contribution in [-0.2, 0) is 17.9 Å². The maximum atomic E-state index is 12.5. The lowest BCUT2D eigenvalue weighted by molar-refractivity contribution is -0.117. The van der Waals surface area contributed by atoms with Gasteiger partial charge in [-0.1, -0.05) is 6.07 Å². The van der Waals surface area contributed by atoms with E-state index in [9.17, 15) is 9.59 Å². The Hall–Kier alpha value is -2.48. The fourth-order valence-corrected chi connectivity index (χ4v) is 3.09. The largest absolute Gasteiger partial charge is 0.346 e. The number of carbonyl (C=O) groups is 1. The maximum Gasteiger partial charge on any atom is 0.346 e. The highest BCUT2D eigenvalue weighted by atomic mass is 16.2. The van der Waals surface area contributed by atoms with Gasteiger partial charge in [0.25, 0.3) is 0 Å². The summed E-state index contributed by atoms with van der Waals surface area (Å²) in [5, 5.41) is 10.5. The van der Waals surface area contributed by atoms with Crippen molar-refractivity contribution in [2.24, 2.45) is 0 Å². The molecule has 1 fully saturated rings. The lowest BCUT2D eigenvalue weighted by atomic mass is 9.99. The number of aryl methyl sites for hydroxylation is 1. The smallest absolute Gasteiger partial charge is 0.316 e. The molecular weight excluding hydrogens is 320 g/mol. The first-order valence-electron chi connectivity index (χ1n) is 8.69. The van der Waals surface area contributed by atoms with Gasteiger partial charge in [0.1, 0.15) is 18.2 Å². The van der Waals surface area contributed by atoms with Gasteiger partial charge in [0, 0.05) is 25.2 Å². The number of amides is 1. The van der Waals surface area contributed by atoms with Gasteiger partial charge in [-0.15, -0.1) is 0 Å². The van der Waals surface area contributed by atoms with Crippen LogP contribution in [0.1, 0.15) is 37.1 Å². The summed E-state index contributed by atoms with van der Waals surface area (Å²) in [5.74, 6) is 1.13. The van der Waals surface area contributed by atoms with Crippen molar-refractivity contribution >= 4 is 11.7 Å². The Kier molecular flexibility index (Phi) is 5.28. The van der Waals surface area contributed by atoms with Crippen molar-refractivity contribution in [2.45, 2.75) is 45.7 Å². The molecule has 8 nitrogen and oxygen atoms in total. The maximum absolute atomic E-state index is 12.5. The molecule has 0 radical (unpaired) electrons. The monoisotopic (exact) mass is 344 g/mol. The second-order valence-corrected chi connectivity index (χ2v) is 6.35. The molecule has 0 spiro atoms. The highest BCUT2D eigenvalue weighted by molar-refractivity contribution is 5.89. The molecule has 134 valence electrons. The van der Waals surface area contributed by atoms with Crippen molar-refractivity contribution in [1.82, 2.24) is 24.6 Å². The van der Waals surface area contributed by atoms with Gasteiger partial charge in [0.2, 0.25) is 5.91 Å².